The van der Waals surface area contributed by atoms with Crippen molar-refractivity contribution >= 4 is 35.0 Å². The molecule has 0 saturated heterocycles. The lowest BCUT2D eigenvalue weighted by Gasteiger charge is -2.29. The van der Waals surface area contributed by atoms with E-state index >= 15 is 0 Å². The molecule has 2 aromatic heterocycles. The van der Waals surface area contributed by atoms with E-state index in [4.69, 9.17) is 9.47 Å². The number of nitrogens with one attached hydrogen (secondary N) is 1. The average Bonchev–Trinajstić information content (AvgIpc) is 3.57. The topological polar surface area (TPSA) is 104 Å². The number of esters is 1. The number of benzene rings is 2. The third-order valence-corrected chi connectivity index (χ3v) is 7.51. The smallest absolute Gasteiger partial charge is 0.338 e. The first-order valence-corrected chi connectivity index (χ1v) is 12.7. The highest BCUT2D eigenvalue weighted by Gasteiger charge is 2.35. The molecule has 178 valence electrons. The molecule has 0 spiro atoms. The van der Waals surface area contributed by atoms with E-state index in [-0.39, 0.29) is 6.61 Å². The predicted molar refractivity (Wildman–Crippen MR) is 135 cm³/mol. The fourth-order valence-corrected chi connectivity index (χ4v) is 5.60. The van der Waals surface area contributed by atoms with Crippen LogP contribution < -0.4 is 10.1 Å². The summed E-state index contributed by atoms with van der Waals surface area (Å²) in [6.45, 7) is 2.05. The Hall–Kier alpha value is -3.70. The zero-order valence-electron chi connectivity index (χ0n) is 19.0. The summed E-state index contributed by atoms with van der Waals surface area (Å²) in [7, 11) is 1.62. The number of anilines is 1. The minimum atomic E-state index is -0.497. The van der Waals surface area contributed by atoms with Gasteiger partial charge in [0.15, 0.2) is 4.34 Å². The van der Waals surface area contributed by atoms with Crippen LogP contribution in [0.2, 0.25) is 0 Å². The Morgan fingerprint density at radius 1 is 1.14 bits per heavy atom. The summed E-state index contributed by atoms with van der Waals surface area (Å²) in [6.07, 6.45) is 1.47. The SMILES string of the molecule is CCOC(=O)C1=C(CSc2nnc(-c3ccccc3)s2)Nc2ncnn2[C@@H]1c1ccc(OC)cc1. The maximum absolute atomic E-state index is 13.2. The van der Waals surface area contributed by atoms with Crippen LogP contribution in [-0.2, 0) is 9.53 Å². The molecule has 0 amide bonds. The van der Waals surface area contributed by atoms with E-state index < -0.39 is 12.0 Å². The van der Waals surface area contributed by atoms with Crippen LogP contribution in [0.15, 0.2) is 76.5 Å². The highest BCUT2D eigenvalue weighted by molar-refractivity contribution is 8.01. The monoisotopic (exact) mass is 506 g/mol. The van der Waals surface area contributed by atoms with E-state index in [1.807, 2.05) is 54.6 Å². The Bertz CT molecular complexity index is 1350. The highest BCUT2D eigenvalue weighted by atomic mass is 32.2. The molecule has 0 saturated carbocycles. The van der Waals surface area contributed by atoms with Gasteiger partial charge in [0.2, 0.25) is 5.95 Å². The number of hydrogen-bond donors (Lipinski definition) is 1. The van der Waals surface area contributed by atoms with Crippen molar-refractivity contribution in [1.82, 2.24) is 25.0 Å². The van der Waals surface area contributed by atoms with E-state index in [0.29, 0.717) is 23.0 Å². The molecule has 0 bridgehead atoms. The number of rotatable bonds is 8. The first kappa shape index (κ1) is 23.1. The quantitative estimate of drug-likeness (QED) is 0.274. The Kier molecular flexibility index (Phi) is 6.77. The minimum absolute atomic E-state index is 0.263. The van der Waals surface area contributed by atoms with Crippen molar-refractivity contribution in [1.29, 1.82) is 0 Å². The van der Waals surface area contributed by atoms with Gasteiger partial charge in [-0.05, 0) is 24.6 Å². The molecule has 4 aromatic rings. The molecule has 0 radical (unpaired) electrons. The van der Waals surface area contributed by atoms with Crippen LogP contribution in [0.1, 0.15) is 18.5 Å². The van der Waals surface area contributed by atoms with E-state index in [0.717, 1.165) is 26.2 Å². The Labute approximate surface area is 210 Å². The Morgan fingerprint density at radius 3 is 2.69 bits per heavy atom. The first-order valence-electron chi connectivity index (χ1n) is 10.9. The molecule has 0 unspecified atom stereocenters. The van der Waals surface area contributed by atoms with E-state index in [9.17, 15) is 4.79 Å². The molecule has 1 aliphatic rings. The number of ether oxygens (including phenoxy) is 2. The molecule has 2 aromatic carbocycles. The van der Waals surface area contributed by atoms with Gasteiger partial charge in [-0.15, -0.1) is 10.2 Å². The van der Waals surface area contributed by atoms with Gasteiger partial charge in [-0.25, -0.2) is 9.48 Å². The van der Waals surface area contributed by atoms with Crippen LogP contribution in [0.3, 0.4) is 0 Å². The minimum Gasteiger partial charge on any atom is -0.497 e. The maximum atomic E-state index is 13.2. The van der Waals surface area contributed by atoms with Crippen LogP contribution in [0.5, 0.6) is 5.75 Å². The van der Waals surface area contributed by atoms with Crippen molar-refractivity contribution in [2.45, 2.75) is 17.3 Å². The fourth-order valence-electron chi connectivity index (χ4n) is 3.77. The van der Waals surface area contributed by atoms with Gasteiger partial charge in [0, 0.05) is 17.0 Å². The molecule has 11 heteroatoms. The van der Waals surface area contributed by atoms with Crippen LogP contribution in [0.4, 0.5) is 5.95 Å². The number of carbonyl (C=O) groups is 1. The van der Waals surface area contributed by atoms with Gasteiger partial charge >= 0.3 is 5.97 Å². The van der Waals surface area contributed by atoms with E-state index in [1.165, 1.54) is 29.4 Å². The predicted octanol–water partition coefficient (Wildman–Crippen LogP) is 4.43. The molecule has 1 N–H and O–H groups in total. The van der Waals surface area contributed by atoms with Crippen molar-refractivity contribution in [2.75, 3.05) is 24.8 Å². The van der Waals surface area contributed by atoms with Crippen molar-refractivity contribution in [3.63, 3.8) is 0 Å². The number of hydrogen-bond acceptors (Lipinski definition) is 10. The lowest BCUT2D eigenvalue weighted by atomic mass is 9.95. The average molecular weight is 507 g/mol. The number of carbonyl (C=O) groups excluding carboxylic acids is 1. The Balaban J connectivity index is 1.49. The van der Waals surface area contributed by atoms with Gasteiger partial charge in [0.05, 0.1) is 19.3 Å². The third-order valence-electron chi connectivity index (χ3n) is 5.37. The second-order valence-corrected chi connectivity index (χ2v) is 9.67. The second-order valence-electron chi connectivity index (χ2n) is 7.47. The molecule has 3 heterocycles. The van der Waals surface area contributed by atoms with Crippen molar-refractivity contribution in [3.8, 4) is 16.3 Å². The lowest BCUT2D eigenvalue weighted by Crippen LogP contribution is -2.31. The van der Waals surface area contributed by atoms with Gasteiger partial charge in [0.25, 0.3) is 0 Å². The number of fused-ring (bicyclic) bond motifs is 1. The summed E-state index contributed by atoms with van der Waals surface area (Å²) >= 11 is 3.01. The summed E-state index contributed by atoms with van der Waals surface area (Å²) in [5, 5.41) is 17.2. The number of aromatic nitrogens is 5. The largest absolute Gasteiger partial charge is 0.497 e. The first-order chi connectivity index (χ1) is 17.2. The fraction of sp³-hybridized carbons (Fsp3) is 0.208. The second kappa shape index (κ2) is 10.3. The summed E-state index contributed by atoms with van der Waals surface area (Å²) in [5.74, 6) is 1.33. The lowest BCUT2D eigenvalue weighted by molar-refractivity contribution is -0.139. The molecular formula is C24H22N6O3S2. The molecule has 9 nitrogen and oxygen atoms in total. The zero-order valence-corrected chi connectivity index (χ0v) is 20.7. The number of methoxy groups -OCH3 is 1. The Morgan fingerprint density at radius 2 is 1.94 bits per heavy atom. The standard InChI is InChI=1S/C24H22N6O3S2/c1-3-33-22(31)19-18(13-34-24-29-28-21(35-24)16-7-5-4-6-8-16)27-23-25-14-26-30(23)20(19)15-9-11-17(32-2)12-10-15/h4-12,14,20H,3,13H2,1-2H3,(H,25,26,27)/t20-/m1/s1. The highest BCUT2D eigenvalue weighted by Crippen LogP contribution is 2.38. The molecule has 5 rings (SSSR count). The van der Waals surface area contributed by atoms with Gasteiger partial charge in [-0.3, -0.25) is 0 Å². The summed E-state index contributed by atoms with van der Waals surface area (Å²) in [5.41, 5.74) is 3.07. The molecule has 0 fully saturated rings. The molecule has 35 heavy (non-hydrogen) atoms. The van der Waals surface area contributed by atoms with E-state index in [2.05, 4.69) is 25.6 Å². The van der Waals surface area contributed by atoms with Gasteiger partial charge < -0.3 is 14.8 Å². The van der Waals surface area contributed by atoms with Crippen molar-refractivity contribution in [3.05, 3.63) is 77.8 Å². The van der Waals surface area contributed by atoms with Crippen LogP contribution in [-0.4, -0.2) is 50.4 Å². The van der Waals surface area contributed by atoms with Crippen LogP contribution >= 0.6 is 23.1 Å². The normalized spacial score (nSPS) is 14.9. The van der Waals surface area contributed by atoms with E-state index in [1.54, 1.807) is 18.7 Å². The van der Waals surface area contributed by atoms with Gasteiger partial charge in [-0.2, -0.15) is 10.1 Å². The summed E-state index contributed by atoms with van der Waals surface area (Å²) in [6, 6.07) is 17.0. The van der Waals surface area contributed by atoms with Gasteiger partial charge in [-0.1, -0.05) is 65.6 Å². The van der Waals surface area contributed by atoms with Crippen LogP contribution in [0, 0.1) is 0 Å². The molecule has 1 aliphatic heterocycles. The number of thioether (sulfide) groups is 1. The summed E-state index contributed by atoms with van der Waals surface area (Å²) in [4.78, 5) is 17.6. The molecular weight excluding hydrogens is 484 g/mol. The maximum Gasteiger partial charge on any atom is 0.338 e. The van der Waals surface area contributed by atoms with Crippen molar-refractivity contribution in [2.24, 2.45) is 0 Å². The molecule has 0 aliphatic carbocycles. The van der Waals surface area contributed by atoms with Crippen LogP contribution in [0.25, 0.3) is 10.6 Å². The zero-order chi connectivity index (χ0) is 24.2. The third kappa shape index (κ3) is 4.77. The number of nitrogens with zero attached hydrogens (tertiary/aromatic N) is 5. The summed E-state index contributed by atoms with van der Waals surface area (Å²) < 4.78 is 13.3. The molecule has 1 atom stereocenters. The van der Waals surface area contributed by atoms with Crippen molar-refractivity contribution < 1.29 is 14.3 Å². The van der Waals surface area contributed by atoms with Gasteiger partial charge in [0.1, 0.15) is 23.1 Å².